The van der Waals surface area contributed by atoms with Crippen LogP contribution in [-0.2, 0) is 4.79 Å². The van der Waals surface area contributed by atoms with Gasteiger partial charge in [0.25, 0.3) is 0 Å². The van der Waals surface area contributed by atoms with Gasteiger partial charge in [0.15, 0.2) is 0 Å². The van der Waals surface area contributed by atoms with Crippen molar-refractivity contribution in [3.63, 3.8) is 0 Å². The van der Waals surface area contributed by atoms with Gasteiger partial charge in [-0.15, -0.1) is 11.6 Å². The number of likely N-dealkylation sites (tertiary alicyclic amines) is 1. The van der Waals surface area contributed by atoms with Crippen LogP contribution < -0.4 is 0 Å². The van der Waals surface area contributed by atoms with E-state index in [0.717, 1.165) is 37.4 Å². The van der Waals surface area contributed by atoms with Crippen molar-refractivity contribution in [1.82, 2.24) is 4.90 Å². The van der Waals surface area contributed by atoms with Crippen LogP contribution in [0.4, 0.5) is 0 Å². The number of halogens is 1. The summed E-state index contributed by atoms with van der Waals surface area (Å²) in [6.45, 7) is 3.93. The van der Waals surface area contributed by atoms with Gasteiger partial charge in [0, 0.05) is 13.1 Å². The quantitative estimate of drug-likeness (QED) is 0.765. The molecule has 1 aromatic rings. The Labute approximate surface area is 114 Å². The van der Waals surface area contributed by atoms with E-state index in [0.29, 0.717) is 0 Å². The lowest BCUT2D eigenvalue weighted by molar-refractivity contribution is -0.132. The fraction of sp³-hybridized carbons (Fsp3) is 0.533. The van der Waals surface area contributed by atoms with Gasteiger partial charge in [0.2, 0.25) is 5.91 Å². The van der Waals surface area contributed by atoms with Gasteiger partial charge in [0.1, 0.15) is 5.38 Å². The average Bonchev–Trinajstić information content (AvgIpc) is 2.47. The number of carbonyl (C=O) groups is 1. The minimum absolute atomic E-state index is 0.0532. The largest absolute Gasteiger partial charge is 0.341 e. The predicted octanol–water partition coefficient (Wildman–Crippen LogP) is 3.62. The van der Waals surface area contributed by atoms with Crippen LogP contribution in [0.2, 0.25) is 0 Å². The molecule has 1 aliphatic rings. The first-order chi connectivity index (χ1) is 8.72. The molecule has 1 heterocycles. The first-order valence-electron chi connectivity index (χ1n) is 6.70. The Hall–Kier alpha value is -1.02. The van der Waals surface area contributed by atoms with Crippen molar-refractivity contribution in [3.05, 3.63) is 35.9 Å². The molecule has 1 aromatic carbocycles. The van der Waals surface area contributed by atoms with Gasteiger partial charge in [-0.2, -0.15) is 0 Å². The molecule has 1 atom stereocenters. The molecular formula is C15H20ClNO. The highest BCUT2D eigenvalue weighted by molar-refractivity contribution is 6.30. The molecule has 1 saturated heterocycles. The van der Waals surface area contributed by atoms with Crippen molar-refractivity contribution in [2.75, 3.05) is 13.1 Å². The summed E-state index contributed by atoms with van der Waals surface area (Å²) in [5, 5.41) is -0.538. The molecule has 2 nitrogen and oxygen atoms in total. The Bertz CT molecular complexity index is 385. The highest BCUT2D eigenvalue weighted by Crippen LogP contribution is 2.26. The lowest BCUT2D eigenvalue weighted by Crippen LogP contribution is -2.40. The van der Waals surface area contributed by atoms with E-state index >= 15 is 0 Å². The SMILES string of the molecule is CCC1CCN(C(=O)C(Cl)c2ccccc2)CC1. The first-order valence-corrected chi connectivity index (χ1v) is 7.13. The Morgan fingerprint density at radius 1 is 1.33 bits per heavy atom. The molecule has 98 valence electrons. The zero-order valence-electron chi connectivity index (χ0n) is 10.8. The van der Waals surface area contributed by atoms with E-state index in [1.54, 1.807) is 0 Å². The number of amides is 1. The van der Waals surface area contributed by atoms with E-state index in [2.05, 4.69) is 6.92 Å². The van der Waals surface area contributed by atoms with Crippen LogP contribution >= 0.6 is 11.6 Å². The average molecular weight is 266 g/mol. The molecule has 0 radical (unpaired) electrons. The maximum atomic E-state index is 12.3. The minimum Gasteiger partial charge on any atom is -0.341 e. The zero-order valence-corrected chi connectivity index (χ0v) is 11.6. The second-order valence-electron chi connectivity index (χ2n) is 4.95. The Morgan fingerprint density at radius 3 is 2.50 bits per heavy atom. The number of hydrogen-bond acceptors (Lipinski definition) is 1. The molecular weight excluding hydrogens is 246 g/mol. The zero-order chi connectivity index (χ0) is 13.0. The monoisotopic (exact) mass is 265 g/mol. The molecule has 0 bridgehead atoms. The van der Waals surface area contributed by atoms with Gasteiger partial charge in [-0.1, -0.05) is 43.7 Å². The third-order valence-corrected chi connectivity index (χ3v) is 4.25. The van der Waals surface area contributed by atoms with Gasteiger partial charge in [-0.25, -0.2) is 0 Å². The standard InChI is InChI=1S/C15H20ClNO/c1-2-12-8-10-17(11-9-12)15(18)14(16)13-6-4-3-5-7-13/h3-7,12,14H,2,8-11H2,1H3. The normalized spacial score (nSPS) is 18.7. The molecule has 1 amide bonds. The number of rotatable bonds is 3. The van der Waals surface area contributed by atoms with Crippen LogP contribution in [0.25, 0.3) is 0 Å². The van der Waals surface area contributed by atoms with E-state index in [1.165, 1.54) is 6.42 Å². The summed E-state index contributed by atoms with van der Waals surface area (Å²) < 4.78 is 0. The molecule has 3 heteroatoms. The van der Waals surface area contributed by atoms with E-state index < -0.39 is 5.38 Å². The van der Waals surface area contributed by atoms with Crippen LogP contribution in [0, 0.1) is 5.92 Å². The third-order valence-electron chi connectivity index (χ3n) is 3.81. The summed E-state index contributed by atoms with van der Waals surface area (Å²) in [4.78, 5) is 14.2. The van der Waals surface area contributed by atoms with Gasteiger partial charge in [-0.3, -0.25) is 4.79 Å². The molecule has 0 spiro atoms. The Balaban J connectivity index is 1.96. The highest BCUT2D eigenvalue weighted by atomic mass is 35.5. The second-order valence-corrected chi connectivity index (χ2v) is 5.39. The Morgan fingerprint density at radius 2 is 1.94 bits per heavy atom. The molecule has 0 N–H and O–H groups in total. The van der Waals surface area contributed by atoms with E-state index in [1.807, 2.05) is 35.2 Å². The van der Waals surface area contributed by atoms with Gasteiger partial charge in [-0.05, 0) is 24.3 Å². The Kier molecular flexibility index (Phi) is 4.65. The summed E-state index contributed by atoms with van der Waals surface area (Å²) >= 11 is 6.27. The van der Waals surface area contributed by atoms with Crippen molar-refractivity contribution in [2.24, 2.45) is 5.92 Å². The third kappa shape index (κ3) is 3.05. The van der Waals surface area contributed by atoms with Crippen LogP contribution in [0.1, 0.15) is 37.1 Å². The molecule has 0 aromatic heterocycles. The van der Waals surface area contributed by atoms with Crippen LogP contribution in [0.15, 0.2) is 30.3 Å². The number of hydrogen-bond donors (Lipinski definition) is 0. The number of carbonyl (C=O) groups excluding carboxylic acids is 1. The van der Waals surface area contributed by atoms with Crippen molar-refractivity contribution in [1.29, 1.82) is 0 Å². The summed E-state index contributed by atoms with van der Waals surface area (Å²) in [6.07, 6.45) is 3.44. The molecule has 18 heavy (non-hydrogen) atoms. The summed E-state index contributed by atoms with van der Waals surface area (Å²) in [5.41, 5.74) is 0.891. The summed E-state index contributed by atoms with van der Waals surface area (Å²) in [5.74, 6) is 0.831. The predicted molar refractivity (Wildman–Crippen MR) is 74.6 cm³/mol. The van der Waals surface area contributed by atoms with E-state index in [-0.39, 0.29) is 5.91 Å². The number of piperidine rings is 1. The van der Waals surface area contributed by atoms with Gasteiger partial charge in [0.05, 0.1) is 0 Å². The maximum Gasteiger partial charge on any atom is 0.245 e. The fourth-order valence-electron chi connectivity index (χ4n) is 2.49. The van der Waals surface area contributed by atoms with Crippen LogP contribution in [0.5, 0.6) is 0 Å². The van der Waals surface area contributed by atoms with E-state index in [9.17, 15) is 4.79 Å². The molecule has 0 aliphatic carbocycles. The van der Waals surface area contributed by atoms with Crippen LogP contribution in [0.3, 0.4) is 0 Å². The van der Waals surface area contributed by atoms with Gasteiger partial charge < -0.3 is 4.90 Å². The lowest BCUT2D eigenvalue weighted by Gasteiger charge is -2.32. The molecule has 1 fully saturated rings. The fourth-order valence-corrected chi connectivity index (χ4v) is 2.77. The van der Waals surface area contributed by atoms with E-state index in [4.69, 9.17) is 11.6 Å². The smallest absolute Gasteiger partial charge is 0.245 e. The molecule has 1 aliphatic heterocycles. The molecule has 0 saturated carbocycles. The minimum atomic E-state index is -0.538. The first kappa shape index (κ1) is 13.4. The van der Waals surface area contributed by atoms with Gasteiger partial charge >= 0.3 is 0 Å². The number of nitrogens with zero attached hydrogens (tertiary/aromatic N) is 1. The maximum absolute atomic E-state index is 12.3. The second kappa shape index (κ2) is 6.24. The highest BCUT2D eigenvalue weighted by Gasteiger charge is 2.27. The molecule has 1 unspecified atom stereocenters. The van der Waals surface area contributed by atoms with Crippen LogP contribution in [-0.4, -0.2) is 23.9 Å². The summed E-state index contributed by atoms with van der Waals surface area (Å²) in [6, 6.07) is 9.59. The summed E-state index contributed by atoms with van der Waals surface area (Å²) in [7, 11) is 0. The topological polar surface area (TPSA) is 20.3 Å². The molecule has 2 rings (SSSR count). The lowest BCUT2D eigenvalue weighted by atomic mass is 9.94. The van der Waals surface area contributed by atoms with Crippen molar-refractivity contribution >= 4 is 17.5 Å². The number of benzene rings is 1. The number of alkyl halides is 1. The van der Waals surface area contributed by atoms with Crippen molar-refractivity contribution < 1.29 is 4.79 Å². The van der Waals surface area contributed by atoms with Crippen molar-refractivity contribution in [3.8, 4) is 0 Å². The van der Waals surface area contributed by atoms with Crippen molar-refractivity contribution in [2.45, 2.75) is 31.6 Å².